The first-order valence-corrected chi connectivity index (χ1v) is 11.2. The van der Waals surface area contributed by atoms with Crippen LogP contribution >= 0.6 is 12.2 Å². The Balaban J connectivity index is 1.45. The van der Waals surface area contributed by atoms with Gasteiger partial charge in [-0.25, -0.2) is 5.01 Å². The van der Waals surface area contributed by atoms with Gasteiger partial charge >= 0.3 is 0 Å². The fourth-order valence-corrected chi connectivity index (χ4v) is 4.20. The summed E-state index contributed by atoms with van der Waals surface area (Å²) in [6.45, 7) is 0.638. The third-order valence-electron chi connectivity index (χ3n) is 5.71. The van der Waals surface area contributed by atoms with Crippen LogP contribution in [-0.4, -0.2) is 32.9 Å². The van der Waals surface area contributed by atoms with E-state index in [1.165, 1.54) is 0 Å². The van der Waals surface area contributed by atoms with Crippen LogP contribution in [0.15, 0.2) is 90.3 Å². The minimum atomic E-state index is -0.0377. The van der Waals surface area contributed by atoms with Crippen molar-refractivity contribution in [3.63, 3.8) is 0 Å². The van der Waals surface area contributed by atoms with Gasteiger partial charge in [0.15, 0.2) is 5.11 Å². The van der Waals surface area contributed by atoms with Gasteiger partial charge in [-0.1, -0.05) is 36.4 Å². The standard InChI is InChI=1S/C26H23N5OS/c1-32-21-10-7-19(8-11-21)23-16-25(20-9-12-22-24(15-20)28-14-13-27-22)31(30-23)26(33)29-17-18-5-3-2-4-6-18/h2-15,25H,16-17H2,1H3,(H,29,33)/t25-/m1/s1. The van der Waals surface area contributed by atoms with Gasteiger partial charge in [0.25, 0.3) is 0 Å². The Morgan fingerprint density at radius 1 is 1.00 bits per heavy atom. The number of nitrogens with one attached hydrogen (secondary N) is 1. The van der Waals surface area contributed by atoms with Crippen LogP contribution in [0.2, 0.25) is 0 Å². The highest BCUT2D eigenvalue weighted by Crippen LogP contribution is 2.34. The molecule has 0 fully saturated rings. The van der Waals surface area contributed by atoms with Crippen LogP contribution in [0, 0.1) is 0 Å². The largest absolute Gasteiger partial charge is 0.497 e. The molecule has 33 heavy (non-hydrogen) atoms. The molecule has 0 spiro atoms. The summed E-state index contributed by atoms with van der Waals surface area (Å²) in [5, 5.41) is 10.8. The summed E-state index contributed by atoms with van der Waals surface area (Å²) in [5.74, 6) is 0.818. The van der Waals surface area contributed by atoms with Crippen LogP contribution in [-0.2, 0) is 6.54 Å². The predicted octanol–water partition coefficient (Wildman–Crippen LogP) is 4.86. The zero-order valence-corrected chi connectivity index (χ0v) is 19.0. The summed E-state index contributed by atoms with van der Waals surface area (Å²) in [6.07, 6.45) is 4.15. The number of hydrogen-bond donors (Lipinski definition) is 1. The lowest BCUT2D eigenvalue weighted by atomic mass is 9.98. The second kappa shape index (κ2) is 9.34. The Bertz CT molecular complexity index is 1310. The van der Waals surface area contributed by atoms with Crippen LogP contribution in [0.25, 0.3) is 11.0 Å². The molecule has 0 radical (unpaired) electrons. The number of hydrogen-bond acceptors (Lipinski definition) is 5. The molecule has 1 N–H and O–H groups in total. The average Bonchev–Trinajstić information content (AvgIpc) is 3.33. The van der Waals surface area contributed by atoms with Gasteiger partial charge in [0.1, 0.15) is 5.75 Å². The molecule has 1 aliphatic rings. The Morgan fingerprint density at radius 3 is 2.52 bits per heavy atom. The maximum absolute atomic E-state index is 5.79. The SMILES string of the molecule is COc1ccc(C2=NN(C(=S)NCc3ccccc3)[C@@H](c3ccc4nccnc4c3)C2)cc1. The number of fused-ring (bicyclic) bond motifs is 1. The summed E-state index contributed by atoms with van der Waals surface area (Å²) in [7, 11) is 1.67. The molecule has 4 aromatic rings. The van der Waals surface area contributed by atoms with E-state index in [-0.39, 0.29) is 6.04 Å². The fraction of sp³-hybridized carbons (Fsp3) is 0.154. The van der Waals surface area contributed by atoms with Crippen LogP contribution in [0.1, 0.15) is 29.2 Å². The third kappa shape index (κ3) is 4.54. The van der Waals surface area contributed by atoms with Crippen molar-refractivity contribution in [2.75, 3.05) is 7.11 Å². The van der Waals surface area contributed by atoms with Gasteiger partial charge in [0.2, 0.25) is 0 Å². The van der Waals surface area contributed by atoms with E-state index >= 15 is 0 Å². The van der Waals surface area contributed by atoms with Crippen LogP contribution in [0.3, 0.4) is 0 Å². The number of hydrazone groups is 1. The van der Waals surface area contributed by atoms with Gasteiger partial charge in [-0.3, -0.25) is 9.97 Å². The van der Waals surface area contributed by atoms with Crippen molar-refractivity contribution in [2.45, 2.75) is 19.0 Å². The lowest BCUT2D eigenvalue weighted by Gasteiger charge is -2.25. The van der Waals surface area contributed by atoms with Gasteiger partial charge in [-0.15, -0.1) is 0 Å². The number of benzene rings is 3. The topological polar surface area (TPSA) is 62.6 Å². The summed E-state index contributed by atoms with van der Waals surface area (Å²) < 4.78 is 5.30. The Labute approximate surface area is 197 Å². The van der Waals surface area contributed by atoms with Gasteiger partial charge in [0.05, 0.1) is 29.9 Å². The van der Waals surface area contributed by atoms with Crippen molar-refractivity contribution in [1.82, 2.24) is 20.3 Å². The molecule has 2 heterocycles. The highest BCUT2D eigenvalue weighted by Gasteiger charge is 2.31. The van der Waals surface area contributed by atoms with E-state index in [2.05, 4.69) is 39.6 Å². The lowest BCUT2D eigenvalue weighted by molar-refractivity contribution is 0.364. The molecular formula is C26H23N5OS. The number of ether oxygens (including phenoxy) is 1. The minimum Gasteiger partial charge on any atom is -0.497 e. The minimum absolute atomic E-state index is 0.0377. The predicted molar refractivity (Wildman–Crippen MR) is 134 cm³/mol. The summed E-state index contributed by atoms with van der Waals surface area (Å²) >= 11 is 5.79. The van der Waals surface area contributed by atoms with Crippen molar-refractivity contribution in [3.05, 3.63) is 102 Å². The Kier molecular flexibility index (Phi) is 5.95. The van der Waals surface area contributed by atoms with Gasteiger partial charge in [-0.05, 0) is 65.3 Å². The number of aromatic nitrogens is 2. The van der Waals surface area contributed by atoms with Gasteiger partial charge in [-0.2, -0.15) is 5.10 Å². The first kappa shape index (κ1) is 21.0. The Hall–Kier alpha value is -3.84. The van der Waals surface area contributed by atoms with Crippen molar-refractivity contribution in [1.29, 1.82) is 0 Å². The normalized spacial score (nSPS) is 15.4. The van der Waals surface area contributed by atoms with Crippen LogP contribution in [0.5, 0.6) is 5.75 Å². The average molecular weight is 454 g/mol. The van der Waals surface area contributed by atoms with E-state index in [4.69, 9.17) is 22.1 Å². The van der Waals surface area contributed by atoms with Crippen LogP contribution in [0.4, 0.5) is 0 Å². The number of rotatable bonds is 5. The highest BCUT2D eigenvalue weighted by atomic mass is 32.1. The number of nitrogens with zero attached hydrogens (tertiary/aromatic N) is 4. The van der Waals surface area contributed by atoms with E-state index < -0.39 is 0 Å². The fourth-order valence-electron chi connectivity index (χ4n) is 3.96. The van der Waals surface area contributed by atoms with E-state index in [0.717, 1.165) is 45.6 Å². The smallest absolute Gasteiger partial charge is 0.190 e. The molecule has 0 saturated carbocycles. The quantitative estimate of drug-likeness (QED) is 0.435. The molecule has 0 amide bonds. The molecule has 0 bridgehead atoms. The summed E-state index contributed by atoms with van der Waals surface area (Å²) in [4.78, 5) is 8.86. The zero-order chi connectivity index (χ0) is 22.6. The van der Waals surface area contributed by atoms with E-state index in [0.29, 0.717) is 11.7 Å². The van der Waals surface area contributed by atoms with Crippen molar-refractivity contribution < 1.29 is 4.74 Å². The molecule has 1 aliphatic heterocycles. The highest BCUT2D eigenvalue weighted by molar-refractivity contribution is 7.80. The number of thiocarbonyl (C=S) groups is 1. The van der Waals surface area contributed by atoms with Gasteiger partial charge < -0.3 is 10.1 Å². The molecule has 5 rings (SSSR count). The van der Waals surface area contributed by atoms with E-state index in [1.54, 1.807) is 19.5 Å². The maximum atomic E-state index is 5.79. The molecule has 164 valence electrons. The van der Waals surface area contributed by atoms with E-state index in [9.17, 15) is 0 Å². The first-order chi connectivity index (χ1) is 16.2. The van der Waals surface area contributed by atoms with Crippen LogP contribution < -0.4 is 10.1 Å². The summed E-state index contributed by atoms with van der Waals surface area (Å²) in [5.41, 5.74) is 6.01. The maximum Gasteiger partial charge on any atom is 0.190 e. The molecule has 0 unspecified atom stereocenters. The molecule has 7 heteroatoms. The molecule has 6 nitrogen and oxygen atoms in total. The molecule has 1 atom stereocenters. The van der Waals surface area contributed by atoms with Crippen molar-refractivity contribution in [3.8, 4) is 5.75 Å². The Morgan fingerprint density at radius 2 is 1.76 bits per heavy atom. The molecule has 0 aliphatic carbocycles. The first-order valence-electron chi connectivity index (χ1n) is 10.7. The van der Waals surface area contributed by atoms with E-state index in [1.807, 2.05) is 53.5 Å². The second-order valence-corrected chi connectivity index (χ2v) is 8.18. The zero-order valence-electron chi connectivity index (χ0n) is 18.2. The lowest BCUT2D eigenvalue weighted by Crippen LogP contribution is -2.36. The van der Waals surface area contributed by atoms with Crippen molar-refractivity contribution in [2.24, 2.45) is 5.10 Å². The van der Waals surface area contributed by atoms with Gasteiger partial charge in [0, 0.05) is 25.4 Å². The second-order valence-electron chi connectivity index (χ2n) is 7.79. The molecule has 0 saturated heterocycles. The monoisotopic (exact) mass is 453 g/mol. The number of methoxy groups -OCH3 is 1. The third-order valence-corrected chi connectivity index (χ3v) is 6.04. The molecular weight excluding hydrogens is 430 g/mol. The summed E-state index contributed by atoms with van der Waals surface area (Å²) in [6, 6.07) is 24.3. The van der Waals surface area contributed by atoms with Crippen molar-refractivity contribution >= 4 is 34.1 Å². The molecule has 3 aromatic carbocycles. The molecule has 1 aromatic heterocycles.